The van der Waals surface area contributed by atoms with Crippen molar-refractivity contribution in [3.63, 3.8) is 0 Å². The van der Waals surface area contributed by atoms with Gasteiger partial charge < -0.3 is 9.52 Å². The summed E-state index contributed by atoms with van der Waals surface area (Å²) in [5.41, 5.74) is 0.885. The van der Waals surface area contributed by atoms with Gasteiger partial charge in [-0.3, -0.25) is 0 Å². The Morgan fingerprint density at radius 2 is 2.29 bits per heavy atom. The topological polar surface area (TPSA) is 63.3 Å². The minimum atomic E-state index is -0.960. The van der Waals surface area contributed by atoms with E-state index in [0.29, 0.717) is 11.5 Å². The molecule has 0 unspecified atom stereocenters. The third-order valence-corrected chi connectivity index (χ3v) is 1.79. The Bertz CT molecular complexity index is 448. The fourth-order valence-corrected chi connectivity index (χ4v) is 1.15. The molecule has 0 saturated heterocycles. The first-order valence-electron chi connectivity index (χ1n) is 4.00. The number of aromatic nitrogens is 1. The highest BCUT2D eigenvalue weighted by molar-refractivity contribution is 5.88. The first-order valence-corrected chi connectivity index (χ1v) is 4.00. The average molecular weight is 189 g/mol. The Hall–Kier alpha value is -2.10. The van der Waals surface area contributed by atoms with Crippen LogP contribution in [0.3, 0.4) is 0 Å². The Kier molecular flexibility index (Phi) is 2.02. The second-order valence-electron chi connectivity index (χ2n) is 2.72. The summed E-state index contributed by atoms with van der Waals surface area (Å²) in [6, 6.07) is 6.45. The third kappa shape index (κ3) is 1.50. The molecule has 0 fully saturated rings. The van der Waals surface area contributed by atoms with Gasteiger partial charge >= 0.3 is 5.97 Å². The van der Waals surface area contributed by atoms with Crippen molar-refractivity contribution in [3.05, 3.63) is 42.3 Å². The first-order chi connectivity index (χ1) is 6.77. The molecule has 70 valence electrons. The van der Waals surface area contributed by atoms with Crippen molar-refractivity contribution in [2.75, 3.05) is 0 Å². The molecule has 0 bridgehead atoms. The van der Waals surface area contributed by atoms with Gasteiger partial charge in [-0.25, -0.2) is 9.78 Å². The van der Waals surface area contributed by atoms with E-state index >= 15 is 0 Å². The van der Waals surface area contributed by atoms with Crippen LogP contribution in [0.4, 0.5) is 0 Å². The van der Waals surface area contributed by atoms with Gasteiger partial charge in [0.25, 0.3) is 0 Å². The number of rotatable bonds is 2. The molecule has 1 aromatic heterocycles. The molecule has 1 aromatic carbocycles. The van der Waals surface area contributed by atoms with Crippen molar-refractivity contribution in [3.8, 4) is 11.5 Å². The Labute approximate surface area is 79.8 Å². The third-order valence-electron chi connectivity index (χ3n) is 1.79. The summed E-state index contributed by atoms with van der Waals surface area (Å²) in [7, 11) is 0. The molecule has 0 radical (unpaired) electrons. The summed E-state index contributed by atoms with van der Waals surface area (Å²) in [5.74, 6) is -0.536. The fourth-order valence-electron chi connectivity index (χ4n) is 1.15. The summed E-state index contributed by atoms with van der Waals surface area (Å²) in [5, 5.41) is 8.76. The summed E-state index contributed by atoms with van der Waals surface area (Å²) in [6.45, 7) is 0. The van der Waals surface area contributed by atoms with Crippen LogP contribution in [-0.4, -0.2) is 16.1 Å². The van der Waals surface area contributed by atoms with Gasteiger partial charge in [0, 0.05) is 5.56 Å². The zero-order valence-electron chi connectivity index (χ0n) is 7.18. The van der Waals surface area contributed by atoms with Crippen LogP contribution in [0.2, 0.25) is 0 Å². The number of carboxylic acids is 1. The zero-order chi connectivity index (χ0) is 9.97. The molecule has 0 atom stereocenters. The highest BCUT2D eigenvalue weighted by Gasteiger charge is 2.06. The van der Waals surface area contributed by atoms with Gasteiger partial charge in [0.05, 0.1) is 11.8 Å². The van der Waals surface area contributed by atoms with Crippen LogP contribution < -0.4 is 0 Å². The minimum absolute atomic E-state index is 0.223. The lowest BCUT2D eigenvalue weighted by molar-refractivity contribution is 0.0697. The maximum atomic E-state index is 10.7. The predicted molar refractivity (Wildman–Crippen MR) is 48.9 cm³/mol. The van der Waals surface area contributed by atoms with E-state index in [0.717, 1.165) is 0 Å². The van der Waals surface area contributed by atoms with E-state index in [1.807, 2.05) is 0 Å². The van der Waals surface area contributed by atoms with Crippen LogP contribution in [-0.2, 0) is 0 Å². The Morgan fingerprint density at radius 3 is 2.93 bits per heavy atom. The second kappa shape index (κ2) is 3.33. The lowest BCUT2D eigenvalue weighted by atomic mass is 10.1. The van der Waals surface area contributed by atoms with Crippen molar-refractivity contribution in [2.24, 2.45) is 0 Å². The van der Waals surface area contributed by atoms with Crippen molar-refractivity contribution >= 4 is 5.97 Å². The number of aromatic carboxylic acids is 1. The van der Waals surface area contributed by atoms with Crippen LogP contribution in [0, 0.1) is 0 Å². The largest absolute Gasteiger partial charge is 0.478 e. The molecule has 0 spiro atoms. The Morgan fingerprint density at radius 1 is 1.43 bits per heavy atom. The van der Waals surface area contributed by atoms with E-state index in [9.17, 15) is 4.79 Å². The number of carboxylic acid groups (broad SMARTS) is 1. The number of oxazole rings is 1. The van der Waals surface area contributed by atoms with E-state index in [1.165, 1.54) is 24.6 Å². The lowest BCUT2D eigenvalue weighted by Crippen LogP contribution is -1.95. The van der Waals surface area contributed by atoms with Gasteiger partial charge in [0.15, 0.2) is 0 Å². The molecule has 2 rings (SSSR count). The van der Waals surface area contributed by atoms with E-state index in [1.54, 1.807) is 12.1 Å². The molecule has 0 saturated carbocycles. The normalized spacial score (nSPS) is 10.0. The van der Waals surface area contributed by atoms with Crippen molar-refractivity contribution in [1.82, 2.24) is 4.98 Å². The number of hydrogen-bond donors (Lipinski definition) is 1. The first kappa shape index (κ1) is 8.50. The molecule has 2 aromatic rings. The van der Waals surface area contributed by atoms with Crippen molar-refractivity contribution in [1.29, 1.82) is 0 Å². The Balaban J connectivity index is 2.46. The average Bonchev–Trinajstić information content (AvgIpc) is 2.71. The van der Waals surface area contributed by atoms with E-state index < -0.39 is 5.97 Å². The number of benzene rings is 1. The molecule has 14 heavy (non-hydrogen) atoms. The fraction of sp³-hybridized carbons (Fsp3) is 0. The van der Waals surface area contributed by atoms with Gasteiger partial charge in [0.2, 0.25) is 5.89 Å². The quantitative estimate of drug-likeness (QED) is 0.785. The minimum Gasteiger partial charge on any atom is -0.478 e. The van der Waals surface area contributed by atoms with E-state index in [-0.39, 0.29) is 5.56 Å². The number of hydrogen-bond acceptors (Lipinski definition) is 3. The zero-order valence-corrected chi connectivity index (χ0v) is 7.18. The summed E-state index contributed by atoms with van der Waals surface area (Å²) in [6.07, 6.45) is 2.96. The molecule has 0 aliphatic carbocycles. The highest BCUT2D eigenvalue weighted by atomic mass is 16.4. The maximum absolute atomic E-state index is 10.7. The highest BCUT2D eigenvalue weighted by Crippen LogP contribution is 2.17. The lowest BCUT2D eigenvalue weighted by Gasteiger charge is -1.97. The van der Waals surface area contributed by atoms with Crippen LogP contribution >= 0.6 is 0 Å². The monoisotopic (exact) mass is 189 g/mol. The van der Waals surface area contributed by atoms with Crippen LogP contribution in [0.15, 0.2) is 41.1 Å². The molecule has 4 heteroatoms. The van der Waals surface area contributed by atoms with Gasteiger partial charge in [-0.15, -0.1) is 0 Å². The second-order valence-corrected chi connectivity index (χ2v) is 2.72. The van der Waals surface area contributed by atoms with Crippen molar-refractivity contribution < 1.29 is 14.3 Å². The van der Waals surface area contributed by atoms with Gasteiger partial charge in [0.1, 0.15) is 6.26 Å². The maximum Gasteiger partial charge on any atom is 0.335 e. The van der Waals surface area contributed by atoms with Gasteiger partial charge in [-0.1, -0.05) is 6.07 Å². The summed E-state index contributed by atoms with van der Waals surface area (Å²) in [4.78, 5) is 14.6. The number of nitrogens with zero attached hydrogens (tertiary/aromatic N) is 1. The van der Waals surface area contributed by atoms with Crippen LogP contribution in [0.1, 0.15) is 10.4 Å². The molecular weight excluding hydrogens is 182 g/mol. The van der Waals surface area contributed by atoms with Crippen LogP contribution in [0.25, 0.3) is 11.5 Å². The van der Waals surface area contributed by atoms with Gasteiger partial charge in [-0.05, 0) is 18.2 Å². The van der Waals surface area contributed by atoms with Crippen LogP contribution in [0.5, 0.6) is 0 Å². The van der Waals surface area contributed by atoms with E-state index in [2.05, 4.69) is 4.98 Å². The smallest absolute Gasteiger partial charge is 0.335 e. The number of carbonyl (C=O) groups is 1. The molecule has 0 aliphatic heterocycles. The molecule has 0 aliphatic rings. The van der Waals surface area contributed by atoms with Crippen molar-refractivity contribution in [2.45, 2.75) is 0 Å². The molecule has 1 N–H and O–H groups in total. The molecule has 0 amide bonds. The summed E-state index contributed by atoms with van der Waals surface area (Å²) >= 11 is 0. The molecule has 1 heterocycles. The van der Waals surface area contributed by atoms with Gasteiger partial charge in [-0.2, -0.15) is 0 Å². The molecular formula is C10H7NO3. The SMILES string of the molecule is O=C(O)c1cccc(-c2ncco2)c1. The van der Waals surface area contributed by atoms with E-state index in [4.69, 9.17) is 9.52 Å². The predicted octanol–water partition coefficient (Wildman–Crippen LogP) is 2.04. The molecule has 4 nitrogen and oxygen atoms in total. The standard InChI is InChI=1S/C10H7NO3/c12-10(13)8-3-1-2-7(6-8)9-11-4-5-14-9/h1-6H,(H,12,13). The summed E-state index contributed by atoms with van der Waals surface area (Å²) < 4.78 is 5.05.